The van der Waals surface area contributed by atoms with Crippen molar-refractivity contribution in [2.24, 2.45) is 0 Å². The van der Waals surface area contributed by atoms with E-state index in [0.717, 1.165) is 17.5 Å². The zero-order valence-electron chi connectivity index (χ0n) is 20.1. The summed E-state index contributed by atoms with van der Waals surface area (Å²) in [7, 11) is 0. The quantitative estimate of drug-likeness (QED) is 0.396. The molecule has 37 heavy (non-hydrogen) atoms. The molecule has 0 aliphatic carbocycles. The Bertz CT molecular complexity index is 1270. The molecule has 196 valence electrons. The van der Waals surface area contributed by atoms with Crippen LogP contribution in [0.25, 0.3) is 0 Å². The van der Waals surface area contributed by atoms with Gasteiger partial charge in [0.2, 0.25) is 0 Å². The van der Waals surface area contributed by atoms with Crippen LogP contribution in [0.2, 0.25) is 0 Å². The summed E-state index contributed by atoms with van der Waals surface area (Å²) in [6.07, 6.45) is -3.45. The number of carbonyl (C=O) groups is 2. The summed E-state index contributed by atoms with van der Waals surface area (Å²) in [4.78, 5) is 26.0. The number of hydrogen-bond donors (Lipinski definition) is 3. The number of aliphatic hydroxyl groups excluding tert-OH is 1. The Kier molecular flexibility index (Phi) is 7.53. The normalized spacial score (nSPS) is 13.9. The predicted molar refractivity (Wildman–Crippen MR) is 129 cm³/mol. The third kappa shape index (κ3) is 5.77. The summed E-state index contributed by atoms with van der Waals surface area (Å²) < 4.78 is 42.9. The standard InChI is InChI=1S/C26H27F3N4O4/c1-16(19-8-10-20(11-9-19)25(36)37)30-23(35)21-22(26(27,28)29)31-33-13-12-32(24(21)33)15-18-6-4-17(5-7-18)3-2-14-34/h4-11,16,34H,2-3,12-15H2,1H3,(H,30,35)(H,36,37)/t16-/m0/s1. The Balaban J connectivity index is 1.59. The summed E-state index contributed by atoms with van der Waals surface area (Å²) in [6, 6.07) is 12.7. The molecule has 1 atom stereocenters. The molecule has 11 heteroatoms. The molecular weight excluding hydrogens is 489 g/mol. The van der Waals surface area contributed by atoms with Crippen LogP contribution in [0.4, 0.5) is 19.0 Å². The zero-order valence-corrected chi connectivity index (χ0v) is 20.1. The SMILES string of the molecule is C[C@H](NC(=O)c1c(C(F)(F)F)nn2c1N(Cc1ccc(CCCO)cc1)CC2)c1ccc(C(=O)O)cc1. The van der Waals surface area contributed by atoms with Crippen LogP contribution in [0.1, 0.15) is 62.5 Å². The van der Waals surface area contributed by atoms with Gasteiger partial charge in [-0.25, -0.2) is 9.48 Å². The van der Waals surface area contributed by atoms with Gasteiger partial charge in [-0.05, 0) is 48.6 Å². The number of carbonyl (C=O) groups excluding carboxylic acids is 1. The van der Waals surface area contributed by atoms with Gasteiger partial charge in [0.05, 0.1) is 18.2 Å². The lowest BCUT2D eigenvalue weighted by atomic mass is 10.1. The summed E-state index contributed by atoms with van der Waals surface area (Å²) in [6.45, 7) is 2.63. The number of anilines is 1. The average Bonchev–Trinajstić information content (AvgIpc) is 3.44. The van der Waals surface area contributed by atoms with Gasteiger partial charge < -0.3 is 20.4 Å². The molecule has 1 amide bonds. The molecule has 3 aromatic rings. The van der Waals surface area contributed by atoms with E-state index in [2.05, 4.69) is 10.4 Å². The van der Waals surface area contributed by atoms with Crippen LogP contribution in [0.5, 0.6) is 0 Å². The van der Waals surface area contributed by atoms with Crippen LogP contribution in [0.15, 0.2) is 48.5 Å². The van der Waals surface area contributed by atoms with Crippen molar-refractivity contribution in [2.75, 3.05) is 18.1 Å². The molecule has 1 aliphatic heterocycles. The summed E-state index contributed by atoms with van der Waals surface area (Å²) in [5.41, 5.74) is 0.765. The minimum atomic E-state index is -4.82. The van der Waals surface area contributed by atoms with E-state index in [1.807, 2.05) is 24.3 Å². The fourth-order valence-electron chi connectivity index (χ4n) is 4.39. The van der Waals surface area contributed by atoms with E-state index in [9.17, 15) is 22.8 Å². The largest absolute Gasteiger partial charge is 0.478 e. The Morgan fingerprint density at radius 2 is 1.70 bits per heavy atom. The molecule has 4 rings (SSSR count). The number of nitrogens with one attached hydrogen (secondary N) is 1. The van der Waals surface area contributed by atoms with Crippen molar-refractivity contribution >= 4 is 17.7 Å². The van der Waals surface area contributed by atoms with E-state index in [4.69, 9.17) is 10.2 Å². The predicted octanol–water partition coefficient (Wildman–Crippen LogP) is 4.04. The monoisotopic (exact) mass is 516 g/mol. The lowest BCUT2D eigenvalue weighted by Gasteiger charge is -2.21. The Morgan fingerprint density at radius 1 is 1.05 bits per heavy atom. The van der Waals surface area contributed by atoms with Crippen LogP contribution in [-0.2, 0) is 25.7 Å². The van der Waals surface area contributed by atoms with Crippen molar-refractivity contribution in [3.8, 4) is 0 Å². The van der Waals surface area contributed by atoms with E-state index in [1.54, 1.807) is 11.8 Å². The molecule has 1 aromatic heterocycles. The van der Waals surface area contributed by atoms with Crippen molar-refractivity contribution in [3.05, 3.63) is 82.0 Å². The highest BCUT2D eigenvalue weighted by Crippen LogP contribution is 2.38. The number of benzene rings is 2. The molecule has 3 N–H and O–H groups in total. The van der Waals surface area contributed by atoms with Crippen LogP contribution in [0, 0.1) is 0 Å². The first-order chi connectivity index (χ1) is 17.6. The van der Waals surface area contributed by atoms with Crippen molar-refractivity contribution in [1.82, 2.24) is 15.1 Å². The zero-order chi connectivity index (χ0) is 26.7. The number of rotatable bonds is 9. The number of alkyl halides is 3. The highest BCUT2D eigenvalue weighted by Gasteiger charge is 2.44. The molecule has 0 spiro atoms. The second kappa shape index (κ2) is 10.6. The van der Waals surface area contributed by atoms with Gasteiger partial charge >= 0.3 is 12.1 Å². The maximum absolute atomic E-state index is 13.9. The second-order valence-electron chi connectivity index (χ2n) is 8.96. The summed E-state index contributed by atoms with van der Waals surface area (Å²) >= 11 is 0. The fourth-order valence-corrected chi connectivity index (χ4v) is 4.39. The minimum Gasteiger partial charge on any atom is -0.478 e. The molecule has 2 heterocycles. The first-order valence-electron chi connectivity index (χ1n) is 11.8. The number of aryl methyl sites for hydroxylation is 1. The van der Waals surface area contributed by atoms with E-state index in [1.165, 1.54) is 28.9 Å². The first-order valence-corrected chi connectivity index (χ1v) is 11.8. The minimum absolute atomic E-state index is 0.0631. The lowest BCUT2D eigenvalue weighted by molar-refractivity contribution is -0.141. The second-order valence-corrected chi connectivity index (χ2v) is 8.96. The number of aromatic nitrogens is 2. The molecule has 8 nitrogen and oxygen atoms in total. The van der Waals surface area contributed by atoms with Gasteiger partial charge in [0.25, 0.3) is 5.91 Å². The summed E-state index contributed by atoms with van der Waals surface area (Å²) in [5.74, 6) is -1.90. The van der Waals surface area contributed by atoms with Gasteiger partial charge in [-0.3, -0.25) is 4.79 Å². The van der Waals surface area contributed by atoms with Gasteiger partial charge in [0.1, 0.15) is 11.4 Å². The van der Waals surface area contributed by atoms with E-state index >= 15 is 0 Å². The number of nitrogens with zero attached hydrogens (tertiary/aromatic N) is 3. The molecule has 0 saturated heterocycles. The number of aliphatic hydroxyl groups is 1. The number of hydrogen-bond acceptors (Lipinski definition) is 5. The molecule has 0 radical (unpaired) electrons. The van der Waals surface area contributed by atoms with Gasteiger partial charge in [-0.2, -0.15) is 18.3 Å². The number of amides is 1. The number of fused-ring (bicyclic) bond motifs is 1. The number of halogens is 3. The van der Waals surface area contributed by atoms with Gasteiger partial charge in [-0.15, -0.1) is 0 Å². The molecular formula is C26H27F3N4O4. The molecule has 0 bridgehead atoms. The van der Waals surface area contributed by atoms with Crippen LogP contribution < -0.4 is 10.2 Å². The number of carboxylic acid groups (broad SMARTS) is 1. The van der Waals surface area contributed by atoms with E-state index in [-0.39, 0.29) is 24.5 Å². The number of aromatic carboxylic acids is 1. The van der Waals surface area contributed by atoms with Crippen LogP contribution in [0.3, 0.4) is 0 Å². The van der Waals surface area contributed by atoms with E-state index < -0.39 is 35.4 Å². The van der Waals surface area contributed by atoms with Crippen molar-refractivity contribution in [1.29, 1.82) is 0 Å². The smallest absolute Gasteiger partial charge is 0.436 e. The Hall–Kier alpha value is -3.86. The highest BCUT2D eigenvalue weighted by atomic mass is 19.4. The summed E-state index contributed by atoms with van der Waals surface area (Å²) in [5, 5.41) is 24.4. The molecule has 2 aromatic carbocycles. The van der Waals surface area contributed by atoms with Crippen LogP contribution >= 0.6 is 0 Å². The Labute approximate surface area is 211 Å². The molecule has 0 saturated carbocycles. The Morgan fingerprint density at radius 3 is 2.30 bits per heavy atom. The van der Waals surface area contributed by atoms with Gasteiger partial charge in [0.15, 0.2) is 5.69 Å². The maximum atomic E-state index is 13.9. The molecule has 0 unspecified atom stereocenters. The third-order valence-corrected chi connectivity index (χ3v) is 6.33. The third-order valence-electron chi connectivity index (χ3n) is 6.33. The van der Waals surface area contributed by atoms with Crippen molar-refractivity contribution in [2.45, 2.75) is 45.1 Å². The fraction of sp³-hybridized carbons (Fsp3) is 0.346. The molecule has 1 aliphatic rings. The maximum Gasteiger partial charge on any atom is 0.436 e. The van der Waals surface area contributed by atoms with Crippen LogP contribution in [-0.4, -0.2) is 45.0 Å². The molecule has 0 fully saturated rings. The van der Waals surface area contributed by atoms with E-state index in [0.29, 0.717) is 25.1 Å². The lowest BCUT2D eigenvalue weighted by Crippen LogP contribution is -2.31. The average molecular weight is 517 g/mol. The number of carboxylic acids is 1. The van der Waals surface area contributed by atoms with Crippen molar-refractivity contribution in [3.63, 3.8) is 0 Å². The van der Waals surface area contributed by atoms with Gasteiger partial charge in [-0.1, -0.05) is 36.4 Å². The highest BCUT2D eigenvalue weighted by molar-refractivity contribution is 6.01. The van der Waals surface area contributed by atoms with Crippen molar-refractivity contribution < 1.29 is 33.0 Å². The first kappa shape index (κ1) is 26.2. The topological polar surface area (TPSA) is 108 Å². The van der Waals surface area contributed by atoms with Gasteiger partial charge in [0, 0.05) is 19.7 Å².